The summed E-state index contributed by atoms with van der Waals surface area (Å²) in [6, 6.07) is 25.5. The van der Waals surface area contributed by atoms with Crippen molar-refractivity contribution < 1.29 is 70.4 Å². The number of nitrogens with one attached hydrogen (secondary N) is 1. The maximum absolute atomic E-state index is 15.5. The number of methoxy groups -OCH3 is 1. The fourth-order valence-corrected chi connectivity index (χ4v) is 15.2. The second kappa shape index (κ2) is 23.0. The van der Waals surface area contributed by atoms with Crippen molar-refractivity contribution in [2.75, 3.05) is 26.1 Å². The van der Waals surface area contributed by atoms with Crippen LogP contribution in [-0.2, 0) is 52.9 Å². The number of nitrogens with zero attached hydrogens (tertiary/aromatic N) is 5. The van der Waals surface area contributed by atoms with E-state index < -0.39 is 86.4 Å². The zero-order valence-corrected chi connectivity index (χ0v) is 43.6. The molecule has 2 unspecified atom stereocenters. The number of esters is 2. The number of aldehydes is 1. The second-order valence-electron chi connectivity index (χ2n) is 17.4. The smallest absolute Gasteiger partial charge is 0.389 e. The number of aromatic nitrogens is 6. The highest BCUT2D eigenvalue weighted by atomic mass is 32.7. The molecule has 3 saturated heterocycles. The van der Waals surface area contributed by atoms with Crippen LogP contribution in [0.5, 0.6) is 17.2 Å². The van der Waals surface area contributed by atoms with E-state index in [1.807, 2.05) is 0 Å². The van der Waals surface area contributed by atoms with Gasteiger partial charge in [-0.3, -0.25) is 41.8 Å². The molecule has 0 aliphatic carbocycles. The highest BCUT2D eigenvalue weighted by Crippen LogP contribution is 2.67. The predicted molar refractivity (Wildman–Crippen MR) is 276 cm³/mol. The van der Waals surface area contributed by atoms with Crippen LogP contribution in [0, 0.1) is 0 Å². The summed E-state index contributed by atoms with van der Waals surface area (Å²) in [5, 5.41) is 9.62. The number of rotatable bonds is 14. The first kappa shape index (κ1) is 53.6. The number of aromatic hydroxyl groups is 1. The number of phenolic OH excluding ortho intramolecular Hbond substituents is 1. The summed E-state index contributed by atoms with van der Waals surface area (Å²) in [5.74, 6) is -0.744. The third kappa shape index (κ3) is 12.3. The molecule has 400 valence electrons. The molecule has 77 heavy (non-hydrogen) atoms. The van der Waals surface area contributed by atoms with Gasteiger partial charge >= 0.3 is 31.2 Å². The largest absolute Gasteiger partial charge is 0.508 e. The topological polar surface area (TPSA) is 313 Å². The number of hydrogen-bond donors (Lipinski definition) is 3. The van der Waals surface area contributed by atoms with E-state index in [0.717, 1.165) is 33.4 Å². The maximum Gasteiger partial charge on any atom is 0.389 e. The average Bonchev–Trinajstić information content (AvgIpc) is 4.19. The Morgan fingerprint density at radius 3 is 1.99 bits per heavy atom. The lowest BCUT2D eigenvalue weighted by Crippen LogP contribution is -2.40. The van der Waals surface area contributed by atoms with E-state index in [4.69, 9.17) is 47.5 Å². The SMILES string of the molecule is CO[C@@H]1[C@@H]2OP(=O)(SCc3ccc(OC(=O)c4ccc(O)cc4)cc3)OC[C@@H]3C[C@@H](OP(=O)(SCc4ccc(OC(=O)c5ccc(C=O)cc5)cc4)OC[C@H]2O[C@H]1n1ccc(=O)[nH]c1=O)[C@H](n1cnc2c(N)ncnc21)O3. The number of carbonyl (C=O) groups excluding carboxylic acids is 3. The van der Waals surface area contributed by atoms with Crippen LogP contribution in [0.4, 0.5) is 5.82 Å². The lowest BCUT2D eigenvalue weighted by Gasteiger charge is -2.29. The van der Waals surface area contributed by atoms with E-state index in [1.165, 1.54) is 79.1 Å². The third-order valence-electron chi connectivity index (χ3n) is 12.3. The van der Waals surface area contributed by atoms with Crippen LogP contribution >= 0.6 is 36.4 Å². The Morgan fingerprint density at radius 2 is 1.38 bits per heavy atom. The first-order valence-corrected chi connectivity index (χ1v) is 29.6. The van der Waals surface area contributed by atoms with Gasteiger partial charge in [0.15, 0.2) is 23.9 Å². The number of carbonyl (C=O) groups is 3. The number of fused-ring (bicyclic) bond motifs is 4. The number of nitrogens with two attached hydrogens (primary N) is 1. The normalized spacial score (nSPS) is 25.4. The standard InChI is InChI=1S/C49H45N7O17P2S2/c1-65-42-41-38(71-46(42)55-19-18-39(59)54-49(55)62)23-67-74(63,76-24-29-4-14-34(15-5-29)69-47(60)31-8-2-28(21-57)3-9-31)72-37-20-36(68-45(37)56-27-53-40-43(50)51-26-52-44(40)56)22-66-75(64,73-41)77-25-30-6-16-35(17-7-30)70-48(61)32-10-12-33(58)13-11-32/h2-19,21,26-27,36-38,41-42,45-46,58H,20,22-25H2,1H3,(H2,50,51,52)(H,54,59,62)/t36-,37+,38+,41+,42+,45+,46+,74?,75?/m0/s1. The van der Waals surface area contributed by atoms with Crippen molar-refractivity contribution in [1.82, 2.24) is 29.1 Å². The second-order valence-corrected chi connectivity index (χ2v) is 25.4. The van der Waals surface area contributed by atoms with Gasteiger partial charge < -0.3 is 34.5 Å². The highest BCUT2D eigenvalue weighted by molar-refractivity contribution is 8.55. The minimum absolute atomic E-state index is 0.00694. The zero-order valence-electron chi connectivity index (χ0n) is 40.2. The van der Waals surface area contributed by atoms with Crippen LogP contribution < -0.4 is 26.5 Å². The Morgan fingerprint density at radius 1 is 0.766 bits per heavy atom. The molecule has 2 bridgehead atoms. The van der Waals surface area contributed by atoms with Gasteiger partial charge in [-0.1, -0.05) is 36.4 Å². The van der Waals surface area contributed by atoms with Crippen molar-refractivity contribution in [3.63, 3.8) is 0 Å². The molecule has 28 heteroatoms. The van der Waals surface area contributed by atoms with Crippen molar-refractivity contribution in [3.8, 4) is 17.2 Å². The Balaban J connectivity index is 0.943. The minimum atomic E-state index is -4.40. The molecule has 0 amide bonds. The van der Waals surface area contributed by atoms with Crippen LogP contribution in [0.1, 0.15) is 61.1 Å². The van der Waals surface area contributed by atoms with Gasteiger partial charge in [0.05, 0.1) is 36.8 Å². The molecule has 0 saturated carbocycles. The molecular weight excluding hydrogens is 1080 g/mol. The maximum atomic E-state index is 15.5. The summed E-state index contributed by atoms with van der Waals surface area (Å²) in [6.07, 6.45) is -3.75. The molecule has 0 radical (unpaired) electrons. The summed E-state index contributed by atoms with van der Waals surface area (Å²) in [4.78, 5) is 77.1. The Bertz CT molecular complexity index is 3520. The lowest BCUT2D eigenvalue weighted by atomic mass is 10.1. The fourth-order valence-electron chi connectivity index (χ4n) is 8.38. The van der Waals surface area contributed by atoms with Gasteiger partial charge in [0.1, 0.15) is 59.8 Å². The third-order valence-corrected chi connectivity index (χ3v) is 19.6. The van der Waals surface area contributed by atoms with E-state index in [0.29, 0.717) is 23.0 Å². The van der Waals surface area contributed by atoms with E-state index in [1.54, 1.807) is 48.5 Å². The molecule has 10 rings (SSSR count). The molecule has 4 N–H and O–H groups in total. The van der Waals surface area contributed by atoms with Gasteiger partial charge in [-0.15, -0.1) is 0 Å². The zero-order chi connectivity index (χ0) is 53.8. The van der Waals surface area contributed by atoms with Crippen molar-refractivity contribution >= 4 is 71.6 Å². The fraction of sp³-hybridized carbons (Fsp3) is 0.265. The van der Waals surface area contributed by atoms with Crippen LogP contribution in [0.2, 0.25) is 0 Å². The molecule has 0 spiro atoms. The van der Waals surface area contributed by atoms with E-state index >= 15 is 9.13 Å². The van der Waals surface area contributed by atoms with Crippen molar-refractivity contribution in [1.29, 1.82) is 0 Å². The molecular formula is C49H45N7O17P2S2. The number of nitrogen functional groups attached to an aromatic ring is 1. The van der Waals surface area contributed by atoms with Crippen LogP contribution in [-0.4, -0.2) is 103 Å². The summed E-state index contributed by atoms with van der Waals surface area (Å²) >= 11 is 1.63. The number of ether oxygens (including phenoxy) is 5. The summed E-state index contributed by atoms with van der Waals surface area (Å²) < 4.78 is 89.0. The first-order chi connectivity index (χ1) is 37.1. The highest BCUT2D eigenvalue weighted by Gasteiger charge is 2.53. The lowest BCUT2D eigenvalue weighted by molar-refractivity contribution is -0.0632. The summed E-state index contributed by atoms with van der Waals surface area (Å²) in [6.45, 7) is -9.74. The Kier molecular flexibility index (Phi) is 16.0. The minimum Gasteiger partial charge on any atom is -0.508 e. The molecule has 9 atom stereocenters. The molecule has 4 aromatic carbocycles. The Labute approximate surface area is 444 Å². The summed E-state index contributed by atoms with van der Waals surface area (Å²) in [7, 11) is 1.31. The molecule has 3 aliphatic heterocycles. The molecule has 3 fully saturated rings. The molecule has 24 nitrogen and oxygen atoms in total. The van der Waals surface area contributed by atoms with Gasteiger partial charge in [-0.2, -0.15) is 0 Å². The molecule has 3 aliphatic rings. The van der Waals surface area contributed by atoms with Gasteiger partial charge in [0, 0.05) is 42.9 Å². The molecule has 3 aromatic heterocycles. The number of hydrogen-bond acceptors (Lipinski definition) is 23. The quantitative estimate of drug-likeness (QED) is 0.0426. The predicted octanol–water partition coefficient (Wildman–Crippen LogP) is 7.02. The number of imidazole rings is 1. The number of anilines is 1. The monoisotopic (exact) mass is 1130 g/mol. The van der Waals surface area contributed by atoms with Gasteiger partial charge in [-0.25, -0.2) is 38.5 Å². The van der Waals surface area contributed by atoms with Crippen molar-refractivity contribution in [2.24, 2.45) is 0 Å². The van der Waals surface area contributed by atoms with Gasteiger partial charge in [-0.05, 0) is 94.6 Å². The average molecular weight is 1130 g/mol. The summed E-state index contributed by atoms with van der Waals surface area (Å²) in [5.41, 5.74) is 7.21. The van der Waals surface area contributed by atoms with Crippen molar-refractivity contribution in [2.45, 2.75) is 60.9 Å². The molecule has 6 heterocycles. The first-order valence-electron chi connectivity index (χ1n) is 23.3. The van der Waals surface area contributed by atoms with Crippen molar-refractivity contribution in [3.05, 3.63) is 171 Å². The van der Waals surface area contributed by atoms with Gasteiger partial charge in [0.25, 0.3) is 5.56 Å². The van der Waals surface area contributed by atoms with E-state index in [2.05, 4.69) is 19.9 Å². The Hall–Kier alpha value is -6.80. The molecule has 7 aromatic rings. The van der Waals surface area contributed by atoms with Crippen LogP contribution in [0.15, 0.2) is 132 Å². The number of phenols is 1. The van der Waals surface area contributed by atoms with Gasteiger partial charge in [0.2, 0.25) is 0 Å². The number of aromatic amines is 1. The van der Waals surface area contributed by atoms with Crippen LogP contribution in [0.25, 0.3) is 11.2 Å². The number of H-pyrrole nitrogens is 1. The van der Waals surface area contributed by atoms with Crippen LogP contribution in [0.3, 0.4) is 0 Å². The van der Waals surface area contributed by atoms with E-state index in [-0.39, 0.29) is 69.9 Å². The van der Waals surface area contributed by atoms with E-state index in [9.17, 15) is 29.1 Å². The number of benzene rings is 4.